The Labute approximate surface area is 150 Å². The molecule has 1 aliphatic rings. The van der Waals surface area contributed by atoms with E-state index in [1.165, 1.54) is 11.8 Å². The Balaban J connectivity index is 1.85. The molecule has 1 heterocycles. The van der Waals surface area contributed by atoms with E-state index in [4.69, 9.17) is 11.6 Å². The third kappa shape index (κ3) is 3.72. The Hall–Kier alpha value is -2.03. The van der Waals surface area contributed by atoms with Gasteiger partial charge in [0.1, 0.15) is 11.1 Å². The molecule has 0 bridgehead atoms. The minimum Gasteiger partial charge on any atom is -0.348 e. The number of benzene rings is 1. The van der Waals surface area contributed by atoms with Crippen LogP contribution in [0.3, 0.4) is 0 Å². The molecule has 1 aliphatic carbocycles. The number of halogens is 1. The fourth-order valence-electron chi connectivity index (χ4n) is 2.49. The summed E-state index contributed by atoms with van der Waals surface area (Å²) in [5, 5.41) is 13.6. The highest BCUT2D eigenvalue weighted by atomic mass is 35.5. The number of pyridine rings is 1. The van der Waals surface area contributed by atoms with Crippen LogP contribution in [0.1, 0.15) is 45.9 Å². The molecule has 0 saturated heterocycles. The molecular formula is C18H16ClN3OS. The number of nitriles is 1. The predicted octanol–water partition coefficient (Wildman–Crippen LogP) is 4.14. The van der Waals surface area contributed by atoms with Crippen LogP contribution in [0.25, 0.3) is 0 Å². The molecule has 1 aromatic carbocycles. The highest BCUT2D eigenvalue weighted by molar-refractivity contribution is 7.98. The van der Waals surface area contributed by atoms with E-state index in [0.29, 0.717) is 33.6 Å². The molecule has 1 fully saturated rings. The summed E-state index contributed by atoms with van der Waals surface area (Å²) < 4.78 is 0. The third-order valence-corrected chi connectivity index (χ3v) is 4.81. The van der Waals surface area contributed by atoms with Crippen molar-refractivity contribution < 1.29 is 4.79 Å². The number of hydrogen-bond donors (Lipinski definition) is 1. The van der Waals surface area contributed by atoms with Gasteiger partial charge in [0.25, 0.3) is 5.91 Å². The number of nitrogens with one attached hydrogen (secondary N) is 1. The number of carbonyl (C=O) groups is 1. The molecule has 3 rings (SSSR count). The van der Waals surface area contributed by atoms with Gasteiger partial charge in [-0.15, -0.1) is 11.8 Å². The van der Waals surface area contributed by atoms with Crippen molar-refractivity contribution in [3.05, 3.63) is 57.7 Å². The summed E-state index contributed by atoms with van der Waals surface area (Å²) in [6, 6.07) is 11.2. The monoisotopic (exact) mass is 357 g/mol. The maximum absolute atomic E-state index is 12.6. The fourth-order valence-corrected chi connectivity index (χ4v) is 3.26. The van der Waals surface area contributed by atoms with Crippen molar-refractivity contribution >= 4 is 29.3 Å². The molecule has 24 heavy (non-hydrogen) atoms. The Bertz CT molecular complexity index is 827. The van der Waals surface area contributed by atoms with Crippen LogP contribution in [-0.2, 0) is 6.54 Å². The number of rotatable bonds is 5. The lowest BCUT2D eigenvalue weighted by atomic mass is 10.1. The number of nitrogens with zero attached hydrogens (tertiary/aromatic N) is 2. The smallest absolute Gasteiger partial charge is 0.253 e. The summed E-state index contributed by atoms with van der Waals surface area (Å²) in [4.78, 5) is 17.2. The van der Waals surface area contributed by atoms with Crippen LogP contribution in [0.2, 0.25) is 5.02 Å². The lowest BCUT2D eigenvalue weighted by Crippen LogP contribution is -2.24. The summed E-state index contributed by atoms with van der Waals surface area (Å²) in [5.41, 5.74) is 2.57. The molecule has 1 aromatic heterocycles. The molecule has 0 spiro atoms. The molecule has 6 heteroatoms. The van der Waals surface area contributed by atoms with Crippen molar-refractivity contribution in [2.45, 2.75) is 30.3 Å². The third-order valence-electron chi connectivity index (χ3n) is 3.89. The van der Waals surface area contributed by atoms with Gasteiger partial charge in [-0.05, 0) is 42.9 Å². The number of hydrogen-bond acceptors (Lipinski definition) is 4. The molecule has 1 N–H and O–H groups in total. The first-order valence-corrected chi connectivity index (χ1v) is 9.24. The first-order chi connectivity index (χ1) is 11.6. The van der Waals surface area contributed by atoms with E-state index in [9.17, 15) is 10.1 Å². The van der Waals surface area contributed by atoms with Gasteiger partial charge >= 0.3 is 0 Å². The maximum Gasteiger partial charge on any atom is 0.253 e. The summed E-state index contributed by atoms with van der Waals surface area (Å²) >= 11 is 7.36. The van der Waals surface area contributed by atoms with Crippen LogP contribution in [0, 0.1) is 11.3 Å². The van der Waals surface area contributed by atoms with Gasteiger partial charge in [-0.25, -0.2) is 4.98 Å². The van der Waals surface area contributed by atoms with E-state index >= 15 is 0 Å². The largest absolute Gasteiger partial charge is 0.348 e. The zero-order valence-electron chi connectivity index (χ0n) is 13.2. The second kappa shape index (κ2) is 7.25. The standard InChI is InChI=1S/C18H16ClN3OS/c1-24-18-15(9-20)14(8-16(22-18)12-5-6-12)17(23)21-10-11-3-2-4-13(19)7-11/h2-4,7-8,12H,5-6,10H2,1H3,(H,21,23). The minimum atomic E-state index is -0.258. The number of thioether (sulfide) groups is 1. The van der Waals surface area contributed by atoms with Gasteiger partial charge in [0.2, 0.25) is 0 Å². The Morgan fingerprint density at radius 2 is 2.25 bits per heavy atom. The van der Waals surface area contributed by atoms with Crippen molar-refractivity contribution in [3.63, 3.8) is 0 Å². The molecule has 1 amide bonds. The maximum atomic E-state index is 12.6. The van der Waals surface area contributed by atoms with E-state index < -0.39 is 0 Å². The van der Waals surface area contributed by atoms with E-state index in [0.717, 1.165) is 24.1 Å². The number of aromatic nitrogens is 1. The molecule has 2 aromatic rings. The predicted molar refractivity (Wildman–Crippen MR) is 95.3 cm³/mol. The SMILES string of the molecule is CSc1nc(C2CC2)cc(C(=O)NCc2cccc(Cl)c2)c1C#N. The summed E-state index contributed by atoms with van der Waals surface area (Å²) in [6.07, 6.45) is 4.06. The van der Waals surface area contributed by atoms with Crippen LogP contribution in [0.5, 0.6) is 0 Å². The summed E-state index contributed by atoms with van der Waals surface area (Å²) in [7, 11) is 0. The Kier molecular flexibility index (Phi) is 5.08. The van der Waals surface area contributed by atoms with Gasteiger partial charge in [-0.2, -0.15) is 5.26 Å². The lowest BCUT2D eigenvalue weighted by molar-refractivity contribution is 0.0950. The van der Waals surface area contributed by atoms with Gasteiger partial charge in [-0.1, -0.05) is 23.7 Å². The fraction of sp³-hybridized carbons (Fsp3) is 0.278. The highest BCUT2D eigenvalue weighted by Gasteiger charge is 2.28. The van der Waals surface area contributed by atoms with Crippen LogP contribution >= 0.6 is 23.4 Å². The highest BCUT2D eigenvalue weighted by Crippen LogP contribution is 2.40. The molecule has 122 valence electrons. The summed E-state index contributed by atoms with van der Waals surface area (Å²) in [5.74, 6) is 0.161. The van der Waals surface area contributed by atoms with E-state index in [1.807, 2.05) is 24.5 Å². The first-order valence-electron chi connectivity index (χ1n) is 7.64. The van der Waals surface area contributed by atoms with Crippen LogP contribution in [-0.4, -0.2) is 17.1 Å². The average molecular weight is 358 g/mol. The molecule has 0 unspecified atom stereocenters. The minimum absolute atomic E-state index is 0.258. The van der Waals surface area contributed by atoms with E-state index in [-0.39, 0.29) is 5.91 Å². The molecule has 4 nitrogen and oxygen atoms in total. The van der Waals surface area contributed by atoms with E-state index in [1.54, 1.807) is 12.1 Å². The second-order valence-electron chi connectivity index (χ2n) is 5.68. The van der Waals surface area contributed by atoms with Crippen LogP contribution in [0.4, 0.5) is 0 Å². The van der Waals surface area contributed by atoms with Gasteiger partial charge < -0.3 is 5.32 Å². The normalized spacial score (nSPS) is 13.4. The number of carbonyl (C=O) groups excluding carboxylic acids is 1. The van der Waals surface area contributed by atoms with Gasteiger partial charge in [-0.3, -0.25) is 4.79 Å². The number of amides is 1. The van der Waals surface area contributed by atoms with Crippen molar-refractivity contribution in [1.29, 1.82) is 5.26 Å². The van der Waals surface area contributed by atoms with Crippen molar-refractivity contribution in [2.75, 3.05) is 6.26 Å². The van der Waals surface area contributed by atoms with Gasteiger partial charge in [0.05, 0.1) is 11.1 Å². The van der Waals surface area contributed by atoms with Crippen LogP contribution in [0.15, 0.2) is 35.4 Å². The topological polar surface area (TPSA) is 65.8 Å². The van der Waals surface area contributed by atoms with Crippen molar-refractivity contribution in [1.82, 2.24) is 10.3 Å². The summed E-state index contributed by atoms with van der Waals surface area (Å²) in [6.45, 7) is 0.361. The quantitative estimate of drug-likeness (QED) is 0.817. The first kappa shape index (κ1) is 16.8. The second-order valence-corrected chi connectivity index (χ2v) is 6.91. The molecule has 0 radical (unpaired) electrons. The molecular weight excluding hydrogens is 342 g/mol. The molecule has 1 saturated carbocycles. The van der Waals surface area contributed by atoms with Gasteiger partial charge in [0, 0.05) is 23.2 Å². The van der Waals surface area contributed by atoms with Crippen LogP contribution < -0.4 is 5.32 Å². The average Bonchev–Trinajstić information content (AvgIpc) is 3.43. The van der Waals surface area contributed by atoms with Gasteiger partial charge in [0.15, 0.2) is 0 Å². The van der Waals surface area contributed by atoms with Crippen molar-refractivity contribution in [2.24, 2.45) is 0 Å². The molecule has 0 aliphatic heterocycles. The van der Waals surface area contributed by atoms with E-state index in [2.05, 4.69) is 16.4 Å². The zero-order chi connectivity index (χ0) is 17.1. The zero-order valence-corrected chi connectivity index (χ0v) is 14.7. The van der Waals surface area contributed by atoms with Crippen molar-refractivity contribution in [3.8, 4) is 6.07 Å². The Morgan fingerprint density at radius 3 is 2.88 bits per heavy atom. The lowest BCUT2D eigenvalue weighted by Gasteiger charge is -2.11. The molecule has 0 atom stereocenters. The Morgan fingerprint density at radius 1 is 1.46 bits per heavy atom.